The maximum absolute atomic E-state index is 12.2. The lowest BCUT2D eigenvalue weighted by atomic mass is 10.0. The molecule has 0 saturated carbocycles. The lowest BCUT2D eigenvalue weighted by Crippen LogP contribution is -2.35. The summed E-state index contributed by atoms with van der Waals surface area (Å²) in [5.74, 6) is 2.68. The predicted octanol–water partition coefficient (Wildman–Crippen LogP) is 2.30. The van der Waals surface area contributed by atoms with E-state index in [0.717, 1.165) is 16.5 Å². The van der Waals surface area contributed by atoms with Crippen molar-refractivity contribution in [2.24, 2.45) is 7.05 Å². The van der Waals surface area contributed by atoms with Crippen LogP contribution in [0.4, 0.5) is 0 Å². The summed E-state index contributed by atoms with van der Waals surface area (Å²) in [6.45, 7) is 5.73. The van der Waals surface area contributed by atoms with Crippen LogP contribution in [0.3, 0.4) is 0 Å². The Bertz CT molecular complexity index is 691. The van der Waals surface area contributed by atoms with Crippen LogP contribution in [0.25, 0.3) is 10.9 Å². The van der Waals surface area contributed by atoms with Gasteiger partial charge in [0.05, 0.1) is 27.4 Å². The Kier molecular flexibility index (Phi) is 3.98. The van der Waals surface area contributed by atoms with Crippen molar-refractivity contribution in [3.05, 3.63) is 30.0 Å². The van der Waals surface area contributed by atoms with Crippen LogP contribution in [0.5, 0.6) is 0 Å². The number of aromatic nitrogens is 2. The number of benzene rings is 1. The lowest BCUT2D eigenvalue weighted by molar-refractivity contribution is 0.629. The van der Waals surface area contributed by atoms with Gasteiger partial charge in [-0.1, -0.05) is 18.1 Å². The highest BCUT2D eigenvalue weighted by Crippen LogP contribution is 2.25. The van der Waals surface area contributed by atoms with Gasteiger partial charge in [-0.15, -0.1) is 6.42 Å². The number of fused-ring (bicyclic) bond motifs is 1. The summed E-state index contributed by atoms with van der Waals surface area (Å²) in [6.07, 6.45) is 7.41. The van der Waals surface area contributed by atoms with Gasteiger partial charge in [0.15, 0.2) is 0 Å². The predicted molar refractivity (Wildman–Crippen MR) is 83.3 cm³/mol. The summed E-state index contributed by atoms with van der Waals surface area (Å²) in [4.78, 5) is 0. The average molecular weight is 289 g/mol. The first-order valence-electron chi connectivity index (χ1n) is 6.39. The first-order valence-corrected chi connectivity index (χ1v) is 7.54. The quantitative estimate of drug-likeness (QED) is 0.881. The van der Waals surface area contributed by atoms with Gasteiger partial charge in [-0.2, -0.15) is 5.10 Å². The summed E-state index contributed by atoms with van der Waals surface area (Å²) < 4.78 is 16.7. The molecule has 0 saturated heterocycles. The number of terminal acetylenes is 1. The van der Waals surface area contributed by atoms with Crippen LogP contribution in [0.1, 0.15) is 32.4 Å². The third kappa shape index (κ3) is 2.77. The van der Waals surface area contributed by atoms with E-state index in [-0.39, 0.29) is 4.75 Å². The Balaban J connectivity index is 2.41. The molecule has 1 aromatic heterocycles. The van der Waals surface area contributed by atoms with Crippen molar-refractivity contribution in [1.82, 2.24) is 14.5 Å². The molecule has 2 rings (SSSR count). The molecule has 1 N–H and O–H groups in total. The monoisotopic (exact) mass is 289 g/mol. The molecule has 0 unspecified atom stereocenters. The molecule has 0 radical (unpaired) electrons. The molecule has 0 fully saturated rings. The van der Waals surface area contributed by atoms with Gasteiger partial charge < -0.3 is 0 Å². The average Bonchev–Trinajstić information content (AvgIpc) is 2.76. The molecule has 0 aliphatic rings. The van der Waals surface area contributed by atoms with E-state index in [4.69, 9.17) is 6.42 Å². The van der Waals surface area contributed by atoms with E-state index in [0.29, 0.717) is 0 Å². The summed E-state index contributed by atoms with van der Waals surface area (Å²) in [6, 6.07) is 5.47. The van der Waals surface area contributed by atoms with E-state index in [1.54, 1.807) is 10.9 Å². The van der Waals surface area contributed by atoms with E-state index in [2.05, 4.69) is 15.7 Å². The van der Waals surface area contributed by atoms with Gasteiger partial charge in [0.25, 0.3) is 0 Å². The van der Waals surface area contributed by atoms with Gasteiger partial charge in [-0.3, -0.25) is 4.68 Å². The molecule has 1 aromatic carbocycles. The smallest absolute Gasteiger partial charge is 0.106 e. The van der Waals surface area contributed by atoms with Crippen molar-refractivity contribution in [2.75, 3.05) is 0 Å². The minimum atomic E-state index is -1.22. The van der Waals surface area contributed by atoms with E-state index < -0.39 is 17.0 Å². The highest BCUT2D eigenvalue weighted by atomic mass is 32.2. The number of nitrogens with one attached hydrogen (secondary N) is 1. The number of aryl methyl sites for hydroxylation is 1. The molecule has 0 bridgehead atoms. The minimum Gasteiger partial charge on any atom is -0.268 e. The van der Waals surface area contributed by atoms with Crippen molar-refractivity contribution >= 4 is 21.9 Å². The largest absolute Gasteiger partial charge is 0.268 e. The standard InChI is InChI=1S/C15H19N3OS/c1-6-13(17-20(19)15(2,3)4)11-8-7-9-14-12(11)10-16-18(14)5/h1,7-10,13,17H,2-5H3/t13-,20+/m1/s1. The second kappa shape index (κ2) is 5.39. The molecule has 20 heavy (non-hydrogen) atoms. The Labute approximate surface area is 122 Å². The zero-order chi connectivity index (χ0) is 14.9. The summed E-state index contributed by atoms with van der Waals surface area (Å²) in [5.41, 5.74) is 1.93. The summed E-state index contributed by atoms with van der Waals surface area (Å²) in [5, 5.41) is 5.23. The topological polar surface area (TPSA) is 46.9 Å². The molecule has 0 aliphatic heterocycles. The molecule has 0 spiro atoms. The van der Waals surface area contributed by atoms with Crippen LogP contribution in [-0.4, -0.2) is 18.7 Å². The third-order valence-corrected chi connectivity index (χ3v) is 4.65. The molecular weight excluding hydrogens is 270 g/mol. The van der Waals surface area contributed by atoms with Gasteiger partial charge in [0.2, 0.25) is 0 Å². The molecule has 0 amide bonds. The van der Waals surface area contributed by atoms with Crippen LogP contribution in [-0.2, 0) is 18.0 Å². The Morgan fingerprint density at radius 2 is 2.15 bits per heavy atom. The fraction of sp³-hybridized carbons (Fsp3) is 0.400. The van der Waals surface area contributed by atoms with Gasteiger partial charge in [-0.25, -0.2) is 8.93 Å². The normalized spacial score (nSPS) is 14.9. The van der Waals surface area contributed by atoms with Gasteiger partial charge in [-0.05, 0) is 32.4 Å². The van der Waals surface area contributed by atoms with Gasteiger partial charge in [0, 0.05) is 12.4 Å². The van der Waals surface area contributed by atoms with Crippen LogP contribution in [0.2, 0.25) is 0 Å². The van der Waals surface area contributed by atoms with Crippen LogP contribution < -0.4 is 4.72 Å². The van der Waals surface area contributed by atoms with Gasteiger partial charge >= 0.3 is 0 Å². The van der Waals surface area contributed by atoms with Crippen LogP contribution >= 0.6 is 0 Å². The highest BCUT2D eigenvalue weighted by molar-refractivity contribution is 7.84. The minimum absolute atomic E-state index is 0.363. The van der Waals surface area contributed by atoms with E-state index in [1.807, 2.05) is 46.0 Å². The maximum Gasteiger partial charge on any atom is 0.106 e. The highest BCUT2D eigenvalue weighted by Gasteiger charge is 2.23. The van der Waals surface area contributed by atoms with Gasteiger partial charge in [0.1, 0.15) is 6.04 Å². The molecule has 1 heterocycles. The molecule has 2 aromatic rings. The molecule has 2 atom stereocenters. The molecule has 4 nitrogen and oxygen atoms in total. The van der Waals surface area contributed by atoms with Crippen molar-refractivity contribution in [3.63, 3.8) is 0 Å². The zero-order valence-corrected chi connectivity index (χ0v) is 13.0. The molecule has 5 heteroatoms. The fourth-order valence-corrected chi connectivity index (χ4v) is 2.69. The summed E-state index contributed by atoms with van der Waals surface area (Å²) >= 11 is 0. The SMILES string of the molecule is C#C[C@@H](N[S@@](=O)C(C)(C)C)c1cccc2c1cnn2C. The lowest BCUT2D eigenvalue weighted by Gasteiger charge is -2.22. The summed E-state index contributed by atoms with van der Waals surface area (Å²) in [7, 11) is 0.663. The van der Waals surface area contributed by atoms with Crippen LogP contribution in [0.15, 0.2) is 24.4 Å². The van der Waals surface area contributed by atoms with Crippen molar-refractivity contribution < 1.29 is 4.21 Å². The van der Waals surface area contributed by atoms with E-state index in [1.165, 1.54) is 0 Å². The van der Waals surface area contributed by atoms with Crippen molar-refractivity contribution in [1.29, 1.82) is 0 Å². The second-order valence-electron chi connectivity index (χ2n) is 5.65. The first-order chi connectivity index (χ1) is 9.34. The van der Waals surface area contributed by atoms with Crippen LogP contribution in [0, 0.1) is 12.3 Å². The van der Waals surface area contributed by atoms with E-state index in [9.17, 15) is 4.21 Å². The van der Waals surface area contributed by atoms with E-state index >= 15 is 0 Å². The number of nitrogens with zero attached hydrogens (tertiary/aromatic N) is 2. The molecule has 106 valence electrons. The number of hydrogen-bond acceptors (Lipinski definition) is 2. The maximum atomic E-state index is 12.2. The first kappa shape index (κ1) is 14.8. The van der Waals surface area contributed by atoms with Crippen molar-refractivity contribution in [3.8, 4) is 12.3 Å². The Hall–Kier alpha value is -1.64. The van der Waals surface area contributed by atoms with Crippen molar-refractivity contribution in [2.45, 2.75) is 31.6 Å². The molecule has 0 aliphatic carbocycles. The number of rotatable bonds is 3. The zero-order valence-electron chi connectivity index (χ0n) is 12.2. The molecular formula is C15H19N3OS. The second-order valence-corrected chi connectivity index (χ2v) is 7.64. The fourth-order valence-electron chi connectivity index (χ4n) is 1.92. The Morgan fingerprint density at radius 1 is 1.45 bits per heavy atom. The third-order valence-electron chi connectivity index (χ3n) is 3.08. The number of hydrogen-bond donors (Lipinski definition) is 1. The Morgan fingerprint density at radius 3 is 2.75 bits per heavy atom.